The predicted molar refractivity (Wildman–Crippen MR) is 98.0 cm³/mol. The Morgan fingerprint density at radius 1 is 1.26 bits per heavy atom. The SMILES string of the molecule is O=C(NC1CCC(Oc2ncc(F)cn2)CC1)c1cc(-c2cccs2)[nH]n1. The number of hydrogen-bond donors (Lipinski definition) is 2. The molecule has 3 aromatic heterocycles. The number of nitrogens with one attached hydrogen (secondary N) is 2. The van der Waals surface area contributed by atoms with Crippen molar-refractivity contribution in [3.63, 3.8) is 0 Å². The largest absolute Gasteiger partial charge is 0.460 e. The summed E-state index contributed by atoms with van der Waals surface area (Å²) in [7, 11) is 0. The minimum Gasteiger partial charge on any atom is -0.460 e. The topological polar surface area (TPSA) is 92.8 Å². The Hall–Kier alpha value is -2.81. The Morgan fingerprint density at radius 3 is 2.74 bits per heavy atom. The number of rotatable bonds is 5. The number of halogens is 1. The molecule has 3 heterocycles. The fourth-order valence-electron chi connectivity index (χ4n) is 3.09. The Kier molecular flexibility index (Phi) is 5.10. The van der Waals surface area contributed by atoms with E-state index in [-0.39, 0.29) is 24.1 Å². The van der Waals surface area contributed by atoms with Crippen LogP contribution in [0.3, 0.4) is 0 Å². The zero-order chi connectivity index (χ0) is 18.6. The highest BCUT2D eigenvalue weighted by molar-refractivity contribution is 7.13. The van der Waals surface area contributed by atoms with Crippen LogP contribution in [-0.2, 0) is 0 Å². The second-order valence-corrected chi connectivity index (χ2v) is 7.34. The highest BCUT2D eigenvalue weighted by Gasteiger charge is 2.25. The van der Waals surface area contributed by atoms with Crippen LogP contribution in [0, 0.1) is 5.82 Å². The molecule has 0 spiro atoms. The molecule has 0 radical (unpaired) electrons. The number of carbonyl (C=O) groups is 1. The van der Waals surface area contributed by atoms with Crippen LogP contribution in [0.4, 0.5) is 4.39 Å². The summed E-state index contributed by atoms with van der Waals surface area (Å²) in [4.78, 5) is 21.1. The highest BCUT2D eigenvalue weighted by Crippen LogP contribution is 2.24. The second-order valence-electron chi connectivity index (χ2n) is 6.39. The fraction of sp³-hybridized carbons (Fsp3) is 0.333. The summed E-state index contributed by atoms with van der Waals surface area (Å²) in [5, 5.41) is 12.0. The van der Waals surface area contributed by atoms with Crippen LogP contribution in [0.2, 0.25) is 0 Å². The number of H-pyrrole nitrogens is 1. The zero-order valence-electron chi connectivity index (χ0n) is 14.4. The van der Waals surface area contributed by atoms with Crippen LogP contribution in [0.1, 0.15) is 36.2 Å². The van der Waals surface area contributed by atoms with Crippen LogP contribution < -0.4 is 10.1 Å². The van der Waals surface area contributed by atoms with Crippen molar-refractivity contribution >= 4 is 17.2 Å². The molecule has 1 amide bonds. The van der Waals surface area contributed by atoms with E-state index in [1.165, 1.54) is 0 Å². The number of carbonyl (C=O) groups excluding carboxylic acids is 1. The van der Waals surface area contributed by atoms with Gasteiger partial charge < -0.3 is 10.1 Å². The molecular weight excluding hydrogens is 369 g/mol. The molecule has 27 heavy (non-hydrogen) atoms. The number of aromatic amines is 1. The van der Waals surface area contributed by atoms with Gasteiger partial charge in [0.25, 0.3) is 5.91 Å². The summed E-state index contributed by atoms with van der Waals surface area (Å²) in [6.45, 7) is 0. The van der Waals surface area contributed by atoms with E-state index in [1.807, 2.05) is 17.5 Å². The van der Waals surface area contributed by atoms with Gasteiger partial charge in [-0.3, -0.25) is 9.89 Å². The van der Waals surface area contributed by atoms with Gasteiger partial charge in [0, 0.05) is 6.04 Å². The minimum absolute atomic E-state index is 0.0283. The molecule has 1 saturated carbocycles. The van der Waals surface area contributed by atoms with Gasteiger partial charge in [0.1, 0.15) is 6.10 Å². The minimum atomic E-state index is -0.491. The molecule has 140 valence electrons. The lowest BCUT2D eigenvalue weighted by molar-refractivity contribution is 0.0880. The zero-order valence-corrected chi connectivity index (χ0v) is 15.2. The fourth-order valence-corrected chi connectivity index (χ4v) is 3.78. The molecule has 0 aliphatic heterocycles. The van der Waals surface area contributed by atoms with E-state index in [0.717, 1.165) is 48.6 Å². The van der Waals surface area contributed by atoms with Crippen molar-refractivity contribution in [3.8, 4) is 16.6 Å². The van der Waals surface area contributed by atoms with Crippen molar-refractivity contribution in [1.82, 2.24) is 25.5 Å². The van der Waals surface area contributed by atoms with Crippen LogP contribution >= 0.6 is 11.3 Å². The van der Waals surface area contributed by atoms with Gasteiger partial charge in [-0.25, -0.2) is 14.4 Å². The monoisotopic (exact) mass is 387 g/mol. The Labute approximate surface area is 159 Å². The quantitative estimate of drug-likeness (QED) is 0.701. The van der Waals surface area contributed by atoms with Gasteiger partial charge in [-0.2, -0.15) is 5.10 Å². The lowest BCUT2D eigenvalue weighted by Gasteiger charge is -2.28. The van der Waals surface area contributed by atoms with Crippen molar-refractivity contribution in [2.45, 2.75) is 37.8 Å². The molecule has 1 aliphatic rings. The number of aromatic nitrogens is 4. The summed E-state index contributed by atoms with van der Waals surface area (Å²) in [5.74, 6) is -0.672. The third-order valence-electron chi connectivity index (χ3n) is 4.48. The first-order valence-corrected chi connectivity index (χ1v) is 9.59. The van der Waals surface area contributed by atoms with Gasteiger partial charge in [0.15, 0.2) is 11.5 Å². The van der Waals surface area contributed by atoms with E-state index < -0.39 is 5.82 Å². The maximum atomic E-state index is 12.8. The summed E-state index contributed by atoms with van der Waals surface area (Å²) < 4.78 is 18.5. The summed E-state index contributed by atoms with van der Waals surface area (Å²) in [6, 6.07) is 5.96. The summed E-state index contributed by atoms with van der Waals surface area (Å²) >= 11 is 1.59. The van der Waals surface area contributed by atoms with Gasteiger partial charge in [0.2, 0.25) is 0 Å². The number of thiophene rings is 1. The van der Waals surface area contributed by atoms with Crippen molar-refractivity contribution in [2.75, 3.05) is 0 Å². The molecule has 1 aliphatic carbocycles. The molecule has 7 nitrogen and oxygen atoms in total. The highest BCUT2D eigenvalue weighted by atomic mass is 32.1. The Bertz CT molecular complexity index is 889. The number of ether oxygens (including phenoxy) is 1. The maximum absolute atomic E-state index is 12.8. The average molecular weight is 387 g/mol. The number of amides is 1. The normalized spacial score (nSPS) is 19.6. The second kappa shape index (κ2) is 7.83. The van der Waals surface area contributed by atoms with E-state index >= 15 is 0 Å². The summed E-state index contributed by atoms with van der Waals surface area (Å²) in [5.41, 5.74) is 1.23. The molecule has 0 atom stereocenters. The van der Waals surface area contributed by atoms with Crippen LogP contribution in [-0.4, -0.2) is 38.2 Å². The third kappa shape index (κ3) is 4.30. The molecule has 3 aromatic rings. The first-order valence-electron chi connectivity index (χ1n) is 8.72. The lowest BCUT2D eigenvalue weighted by Crippen LogP contribution is -2.40. The molecule has 0 saturated heterocycles. The molecule has 9 heteroatoms. The van der Waals surface area contributed by atoms with E-state index in [2.05, 4.69) is 25.5 Å². The van der Waals surface area contributed by atoms with Crippen molar-refractivity contribution < 1.29 is 13.9 Å². The average Bonchev–Trinajstić information content (AvgIpc) is 3.36. The summed E-state index contributed by atoms with van der Waals surface area (Å²) in [6.07, 6.45) is 5.27. The van der Waals surface area contributed by atoms with Gasteiger partial charge in [0.05, 0.1) is 23.0 Å². The van der Waals surface area contributed by atoms with Crippen LogP contribution in [0.5, 0.6) is 6.01 Å². The molecular formula is C18H18FN5O2S. The van der Waals surface area contributed by atoms with Gasteiger partial charge in [-0.05, 0) is 43.2 Å². The lowest BCUT2D eigenvalue weighted by atomic mass is 9.93. The maximum Gasteiger partial charge on any atom is 0.316 e. The molecule has 2 N–H and O–H groups in total. The number of nitrogens with zero attached hydrogens (tertiary/aromatic N) is 3. The van der Waals surface area contributed by atoms with Crippen molar-refractivity contribution in [2.24, 2.45) is 0 Å². The number of hydrogen-bond acceptors (Lipinski definition) is 6. The van der Waals surface area contributed by atoms with Crippen molar-refractivity contribution in [1.29, 1.82) is 0 Å². The van der Waals surface area contributed by atoms with E-state index in [1.54, 1.807) is 17.4 Å². The van der Waals surface area contributed by atoms with Crippen LogP contribution in [0.15, 0.2) is 36.0 Å². The molecule has 1 fully saturated rings. The third-order valence-corrected chi connectivity index (χ3v) is 5.38. The van der Waals surface area contributed by atoms with Crippen molar-refractivity contribution in [3.05, 3.63) is 47.5 Å². The molecule has 0 unspecified atom stereocenters. The molecule has 4 rings (SSSR count). The Balaban J connectivity index is 1.27. The van der Waals surface area contributed by atoms with E-state index in [9.17, 15) is 9.18 Å². The van der Waals surface area contributed by atoms with Gasteiger partial charge >= 0.3 is 6.01 Å². The Morgan fingerprint density at radius 2 is 2.04 bits per heavy atom. The standard InChI is InChI=1S/C18H18FN5O2S/c19-11-9-20-18(21-10-11)26-13-5-3-12(4-6-13)22-17(25)15-8-14(23-24-15)16-2-1-7-27-16/h1-2,7-10,12-13H,3-6H2,(H,22,25)(H,23,24). The van der Waals surface area contributed by atoms with Gasteiger partial charge in [-0.1, -0.05) is 6.07 Å². The molecule has 0 aromatic carbocycles. The smallest absolute Gasteiger partial charge is 0.316 e. The first-order chi connectivity index (χ1) is 13.2. The molecule has 0 bridgehead atoms. The van der Waals surface area contributed by atoms with Crippen LogP contribution in [0.25, 0.3) is 10.6 Å². The van der Waals surface area contributed by atoms with Gasteiger partial charge in [-0.15, -0.1) is 11.3 Å². The predicted octanol–water partition coefficient (Wildman–Crippen LogP) is 3.19. The first kappa shape index (κ1) is 17.6. The van der Waals surface area contributed by atoms with E-state index in [0.29, 0.717) is 5.69 Å². The van der Waals surface area contributed by atoms with E-state index in [4.69, 9.17) is 4.74 Å².